The van der Waals surface area contributed by atoms with Crippen LogP contribution in [-0.2, 0) is 16.6 Å². The molecule has 0 atom stereocenters. The summed E-state index contributed by atoms with van der Waals surface area (Å²) in [5.41, 5.74) is 1.59. The van der Waals surface area contributed by atoms with E-state index in [0.29, 0.717) is 28.5 Å². The molecule has 3 N–H and O–H groups in total. The van der Waals surface area contributed by atoms with Gasteiger partial charge in [0.05, 0.1) is 10.7 Å². The van der Waals surface area contributed by atoms with Crippen LogP contribution in [0.15, 0.2) is 27.7 Å². The Morgan fingerprint density at radius 3 is 2.81 bits per heavy atom. The second kappa shape index (κ2) is 6.35. The fourth-order valence-corrected chi connectivity index (χ4v) is 3.66. The third kappa shape index (κ3) is 3.57. The molecular formula is C12H14BrClN4O2S. The minimum absolute atomic E-state index is 0.0367. The largest absolute Gasteiger partial charge is 0.316 e. The third-order valence-electron chi connectivity index (χ3n) is 2.82. The molecule has 0 aliphatic carbocycles. The highest BCUT2D eigenvalue weighted by Crippen LogP contribution is 2.28. The van der Waals surface area contributed by atoms with Gasteiger partial charge in [-0.3, -0.25) is 9.82 Å². The Kier molecular flexibility index (Phi) is 4.92. The quantitative estimate of drug-likeness (QED) is 0.729. The highest BCUT2D eigenvalue weighted by molar-refractivity contribution is 9.10. The van der Waals surface area contributed by atoms with E-state index in [1.54, 1.807) is 32.2 Å². The molecule has 0 radical (unpaired) electrons. The van der Waals surface area contributed by atoms with Gasteiger partial charge in [-0.2, -0.15) is 13.5 Å². The summed E-state index contributed by atoms with van der Waals surface area (Å²) in [6, 6.07) is 4.93. The van der Waals surface area contributed by atoms with Gasteiger partial charge in [-0.15, -0.1) is 0 Å². The van der Waals surface area contributed by atoms with Gasteiger partial charge in [0.25, 0.3) is 10.0 Å². The minimum atomic E-state index is -3.82. The number of rotatable bonds is 5. The number of hydrogen-bond donors (Lipinski definition) is 3. The van der Waals surface area contributed by atoms with E-state index in [1.165, 1.54) is 0 Å². The van der Waals surface area contributed by atoms with Gasteiger partial charge in [0.2, 0.25) is 5.03 Å². The molecule has 1 heterocycles. The summed E-state index contributed by atoms with van der Waals surface area (Å²) in [6.07, 6.45) is 0. The number of sulfonamides is 1. The number of aryl methyl sites for hydroxylation is 1. The van der Waals surface area contributed by atoms with Gasteiger partial charge in [0.1, 0.15) is 0 Å². The van der Waals surface area contributed by atoms with Crippen LogP contribution in [0, 0.1) is 6.92 Å². The lowest BCUT2D eigenvalue weighted by atomic mass is 10.3. The molecular weight excluding hydrogens is 380 g/mol. The second-order valence-corrected chi connectivity index (χ2v) is 7.31. The van der Waals surface area contributed by atoms with Crippen LogP contribution in [0.4, 0.5) is 5.69 Å². The Morgan fingerprint density at radius 1 is 1.43 bits per heavy atom. The van der Waals surface area contributed by atoms with Crippen LogP contribution in [0.2, 0.25) is 5.02 Å². The standard InChI is InChI=1S/C12H14BrClN4O2S/c1-7-9(6-15-2)12(17-16-7)21(19,20)18-11-5-8(13)3-4-10(11)14/h3-5,15,18H,6H2,1-2H3,(H,16,17). The predicted octanol–water partition coefficient (Wildman–Crippen LogP) is 2.65. The summed E-state index contributed by atoms with van der Waals surface area (Å²) < 4.78 is 28.1. The van der Waals surface area contributed by atoms with Crippen molar-refractivity contribution in [2.24, 2.45) is 0 Å². The molecule has 2 rings (SSSR count). The van der Waals surface area contributed by atoms with Gasteiger partial charge in [-0.25, -0.2) is 0 Å². The smallest absolute Gasteiger partial charge is 0.281 e. The Labute approximate surface area is 136 Å². The molecule has 0 saturated carbocycles. The van der Waals surface area contributed by atoms with E-state index in [4.69, 9.17) is 11.6 Å². The number of halogens is 2. The van der Waals surface area contributed by atoms with E-state index in [0.717, 1.165) is 4.47 Å². The molecule has 0 aliphatic rings. The van der Waals surface area contributed by atoms with Gasteiger partial charge in [-0.05, 0) is 32.2 Å². The molecule has 0 amide bonds. The Morgan fingerprint density at radius 2 is 2.14 bits per heavy atom. The molecule has 0 saturated heterocycles. The van der Waals surface area contributed by atoms with Crippen LogP contribution >= 0.6 is 27.5 Å². The number of nitrogens with zero attached hydrogens (tertiary/aromatic N) is 1. The lowest BCUT2D eigenvalue weighted by Crippen LogP contribution is -2.17. The highest BCUT2D eigenvalue weighted by atomic mass is 79.9. The number of benzene rings is 1. The maximum Gasteiger partial charge on any atom is 0.281 e. The highest BCUT2D eigenvalue weighted by Gasteiger charge is 2.24. The Bertz CT molecular complexity index is 761. The summed E-state index contributed by atoms with van der Waals surface area (Å²) in [7, 11) is -2.08. The summed E-state index contributed by atoms with van der Waals surface area (Å²) in [6.45, 7) is 2.16. The molecule has 0 aliphatic heterocycles. The average molecular weight is 394 g/mol. The first-order valence-corrected chi connectivity index (χ1v) is 8.67. The van der Waals surface area contributed by atoms with Gasteiger partial charge >= 0.3 is 0 Å². The van der Waals surface area contributed by atoms with E-state index in [1.807, 2.05) is 0 Å². The van der Waals surface area contributed by atoms with Crippen LogP contribution in [0.5, 0.6) is 0 Å². The monoisotopic (exact) mass is 392 g/mol. The number of hydrogen-bond acceptors (Lipinski definition) is 4. The van der Waals surface area contributed by atoms with Crippen LogP contribution < -0.4 is 10.0 Å². The Hall–Kier alpha value is -1.09. The predicted molar refractivity (Wildman–Crippen MR) is 86.0 cm³/mol. The van der Waals surface area contributed by atoms with Crippen molar-refractivity contribution in [1.82, 2.24) is 15.5 Å². The summed E-state index contributed by atoms with van der Waals surface area (Å²) in [4.78, 5) is 0. The molecule has 1 aromatic heterocycles. The van der Waals surface area contributed by atoms with E-state index in [-0.39, 0.29) is 5.03 Å². The molecule has 6 nitrogen and oxygen atoms in total. The van der Waals surface area contributed by atoms with Crippen molar-refractivity contribution in [3.63, 3.8) is 0 Å². The van der Waals surface area contributed by atoms with Crippen molar-refractivity contribution in [2.75, 3.05) is 11.8 Å². The van der Waals surface area contributed by atoms with Crippen molar-refractivity contribution in [3.05, 3.63) is 39.0 Å². The maximum atomic E-state index is 12.5. The van der Waals surface area contributed by atoms with Gasteiger partial charge in [0, 0.05) is 22.3 Å². The molecule has 0 unspecified atom stereocenters. The van der Waals surface area contributed by atoms with Crippen molar-refractivity contribution < 1.29 is 8.42 Å². The first kappa shape index (κ1) is 16.3. The van der Waals surface area contributed by atoms with Crippen molar-refractivity contribution >= 4 is 43.2 Å². The number of aromatic amines is 1. The molecule has 2 aromatic rings. The molecule has 0 fully saturated rings. The third-order valence-corrected chi connectivity index (χ3v) is 4.98. The first-order valence-electron chi connectivity index (χ1n) is 6.01. The Balaban J connectivity index is 2.41. The SMILES string of the molecule is CNCc1c(S(=O)(=O)Nc2cc(Br)ccc2Cl)n[nH]c1C. The lowest BCUT2D eigenvalue weighted by molar-refractivity contribution is 0.595. The zero-order chi connectivity index (χ0) is 15.6. The molecule has 1 aromatic carbocycles. The number of nitrogens with one attached hydrogen (secondary N) is 3. The van der Waals surface area contributed by atoms with Crippen LogP contribution in [-0.4, -0.2) is 25.7 Å². The van der Waals surface area contributed by atoms with E-state index >= 15 is 0 Å². The van der Waals surface area contributed by atoms with Gasteiger partial charge in [0.15, 0.2) is 0 Å². The van der Waals surface area contributed by atoms with Crippen LogP contribution in [0.1, 0.15) is 11.3 Å². The summed E-state index contributed by atoms with van der Waals surface area (Å²) in [5.74, 6) is 0. The van der Waals surface area contributed by atoms with Gasteiger partial charge < -0.3 is 5.32 Å². The molecule has 114 valence electrons. The molecule has 9 heteroatoms. The molecule has 0 bridgehead atoms. The fraction of sp³-hybridized carbons (Fsp3) is 0.250. The molecule has 21 heavy (non-hydrogen) atoms. The fourth-order valence-electron chi connectivity index (χ4n) is 1.81. The minimum Gasteiger partial charge on any atom is -0.316 e. The first-order chi connectivity index (χ1) is 9.85. The zero-order valence-corrected chi connectivity index (χ0v) is 14.5. The van der Waals surface area contributed by atoms with Crippen LogP contribution in [0.3, 0.4) is 0 Å². The van der Waals surface area contributed by atoms with E-state index in [2.05, 4.69) is 36.2 Å². The normalized spacial score (nSPS) is 11.6. The topological polar surface area (TPSA) is 86.9 Å². The maximum absolute atomic E-state index is 12.5. The summed E-state index contributed by atoms with van der Waals surface area (Å²) in [5, 5.41) is 9.77. The zero-order valence-electron chi connectivity index (χ0n) is 11.4. The molecule has 0 spiro atoms. The number of anilines is 1. The van der Waals surface area contributed by atoms with Crippen LogP contribution in [0.25, 0.3) is 0 Å². The average Bonchev–Trinajstić information content (AvgIpc) is 2.77. The lowest BCUT2D eigenvalue weighted by Gasteiger charge is -2.10. The number of aromatic nitrogens is 2. The summed E-state index contributed by atoms with van der Waals surface area (Å²) >= 11 is 9.29. The second-order valence-electron chi connectivity index (χ2n) is 4.39. The van der Waals surface area contributed by atoms with Crippen molar-refractivity contribution in [1.29, 1.82) is 0 Å². The van der Waals surface area contributed by atoms with E-state index < -0.39 is 10.0 Å². The number of H-pyrrole nitrogens is 1. The van der Waals surface area contributed by atoms with E-state index in [9.17, 15) is 8.42 Å². The van der Waals surface area contributed by atoms with Gasteiger partial charge in [-0.1, -0.05) is 27.5 Å². The van der Waals surface area contributed by atoms with Crippen molar-refractivity contribution in [2.45, 2.75) is 18.5 Å². The van der Waals surface area contributed by atoms with Crippen molar-refractivity contribution in [3.8, 4) is 0 Å².